The Morgan fingerprint density at radius 2 is 2.00 bits per heavy atom. The fourth-order valence-corrected chi connectivity index (χ4v) is 2.84. The lowest BCUT2D eigenvalue weighted by atomic mass is 9.96. The summed E-state index contributed by atoms with van der Waals surface area (Å²) in [5.74, 6) is 1.37. The lowest BCUT2D eigenvalue weighted by Crippen LogP contribution is -2.41. The van der Waals surface area contributed by atoms with Crippen LogP contribution in [0.2, 0.25) is 0 Å². The number of hydrogen-bond acceptors (Lipinski definition) is 6. The van der Waals surface area contributed by atoms with Crippen molar-refractivity contribution in [3.05, 3.63) is 29.8 Å². The highest BCUT2D eigenvalue weighted by Gasteiger charge is 2.29. The number of piperidine rings is 1. The molecule has 25 heavy (non-hydrogen) atoms. The fraction of sp³-hybridized carbons (Fsp3) is 0.556. The van der Waals surface area contributed by atoms with Gasteiger partial charge in [0.05, 0.1) is 5.56 Å². The third-order valence-corrected chi connectivity index (χ3v) is 4.08. The maximum absolute atomic E-state index is 12.1. The minimum Gasteiger partial charge on any atom is -0.444 e. The smallest absolute Gasteiger partial charge is 0.410 e. The van der Waals surface area contributed by atoms with E-state index in [1.165, 1.54) is 0 Å². The molecule has 0 aliphatic carbocycles. The van der Waals surface area contributed by atoms with Crippen molar-refractivity contribution >= 4 is 6.09 Å². The Kier molecular flexibility index (Phi) is 4.74. The first-order valence-corrected chi connectivity index (χ1v) is 8.55. The van der Waals surface area contributed by atoms with Gasteiger partial charge in [0.15, 0.2) is 5.82 Å². The molecule has 0 saturated carbocycles. The second kappa shape index (κ2) is 6.82. The minimum absolute atomic E-state index is 0.189. The summed E-state index contributed by atoms with van der Waals surface area (Å²) in [4.78, 5) is 22.5. The van der Waals surface area contributed by atoms with Crippen LogP contribution in [0.25, 0.3) is 11.5 Å². The summed E-state index contributed by atoms with van der Waals surface area (Å²) in [7, 11) is 0. The summed E-state index contributed by atoms with van der Waals surface area (Å²) in [5, 5.41) is 4.13. The molecule has 1 aliphatic heterocycles. The van der Waals surface area contributed by atoms with Crippen LogP contribution in [0.1, 0.15) is 50.9 Å². The van der Waals surface area contributed by atoms with E-state index in [4.69, 9.17) is 9.26 Å². The van der Waals surface area contributed by atoms with Crippen LogP contribution < -0.4 is 0 Å². The predicted octanol–water partition coefficient (Wildman–Crippen LogP) is 3.55. The van der Waals surface area contributed by atoms with E-state index in [1.54, 1.807) is 17.3 Å². The Hall–Kier alpha value is -2.44. The molecule has 1 fully saturated rings. The van der Waals surface area contributed by atoms with Crippen LogP contribution in [0.4, 0.5) is 4.79 Å². The highest BCUT2D eigenvalue weighted by atomic mass is 16.6. The van der Waals surface area contributed by atoms with Gasteiger partial charge < -0.3 is 14.2 Å². The van der Waals surface area contributed by atoms with Gasteiger partial charge in [0.2, 0.25) is 0 Å². The number of carbonyl (C=O) groups excluding carboxylic acids is 1. The topological polar surface area (TPSA) is 81.4 Å². The number of carbonyl (C=O) groups is 1. The molecule has 1 amide bonds. The molecule has 0 radical (unpaired) electrons. The van der Waals surface area contributed by atoms with Gasteiger partial charge in [-0.15, -0.1) is 0 Å². The Morgan fingerprint density at radius 3 is 2.64 bits per heavy atom. The number of pyridine rings is 1. The van der Waals surface area contributed by atoms with Crippen molar-refractivity contribution in [1.82, 2.24) is 20.0 Å². The highest BCUT2D eigenvalue weighted by Crippen LogP contribution is 2.28. The molecular weight excluding hydrogens is 320 g/mol. The van der Waals surface area contributed by atoms with Crippen LogP contribution in [0.15, 0.2) is 23.0 Å². The van der Waals surface area contributed by atoms with Gasteiger partial charge in [0.25, 0.3) is 5.89 Å². The molecule has 0 spiro atoms. The summed E-state index contributed by atoms with van der Waals surface area (Å²) in [5.41, 5.74) is 1.39. The number of aryl methyl sites for hydroxylation is 1. The van der Waals surface area contributed by atoms with Crippen LogP contribution in [-0.4, -0.2) is 44.8 Å². The first kappa shape index (κ1) is 17.4. The molecule has 0 unspecified atom stereocenters. The monoisotopic (exact) mass is 344 g/mol. The van der Waals surface area contributed by atoms with Gasteiger partial charge in [0, 0.05) is 31.4 Å². The quantitative estimate of drug-likeness (QED) is 0.828. The Labute approximate surface area is 147 Å². The zero-order valence-corrected chi connectivity index (χ0v) is 15.2. The molecule has 134 valence electrons. The molecule has 0 N–H and O–H groups in total. The number of nitrogens with zero attached hydrogens (tertiary/aromatic N) is 4. The lowest BCUT2D eigenvalue weighted by Gasteiger charge is -2.32. The SMILES string of the molecule is Cc1cncc(-c2nc(C3CCN(C(=O)OC(C)(C)C)CC3)no2)c1. The van der Waals surface area contributed by atoms with E-state index in [0.717, 1.165) is 24.0 Å². The second-order valence-electron chi connectivity index (χ2n) is 7.45. The van der Waals surface area contributed by atoms with Crippen LogP contribution in [-0.2, 0) is 4.74 Å². The minimum atomic E-state index is -0.474. The van der Waals surface area contributed by atoms with Crippen LogP contribution in [0.5, 0.6) is 0 Å². The molecule has 0 bridgehead atoms. The summed E-state index contributed by atoms with van der Waals surface area (Å²) in [6, 6.07) is 1.97. The number of aromatic nitrogens is 3. The molecule has 2 aromatic heterocycles. The van der Waals surface area contributed by atoms with Gasteiger partial charge in [0.1, 0.15) is 5.60 Å². The maximum atomic E-state index is 12.1. The Bertz CT molecular complexity index is 743. The van der Waals surface area contributed by atoms with E-state index >= 15 is 0 Å². The number of hydrogen-bond donors (Lipinski definition) is 0. The predicted molar refractivity (Wildman–Crippen MR) is 92.0 cm³/mol. The van der Waals surface area contributed by atoms with Gasteiger partial charge in [-0.2, -0.15) is 4.98 Å². The maximum Gasteiger partial charge on any atom is 0.410 e. The molecule has 0 aromatic carbocycles. The third kappa shape index (κ3) is 4.35. The third-order valence-electron chi connectivity index (χ3n) is 4.08. The van der Waals surface area contributed by atoms with E-state index < -0.39 is 5.60 Å². The standard InChI is InChI=1S/C18H24N4O3/c1-12-9-14(11-19-10-12)16-20-15(21-25-16)13-5-7-22(8-6-13)17(23)24-18(2,3)4/h9-11,13H,5-8H2,1-4H3. The van der Waals surface area contributed by atoms with E-state index in [1.807, 2.05) is 33.8 Å². The average molecular weight is 344 g/mol. The Morgan fingerprint density at radius 1 is 1.28 bits per heavy atom. The summed E-state index contributed by atoms with van der Waals surface area (Å²) >= 11 is 0. The molecular formula is C18H24N4O3. The van der Waals surface area contributed by atoms with E-state index in [-0.39, 0.29) is 12.0 Å². The van der Waals surface area contributed by atoms with Crippen molar-refractivity contribution in [1.29, 1.82) is 0 Å². The molecule has 3 rings (SSSR count). The van der Waals surface area contributed by atoms with Crippen molar-refractivity contribution < 1.29 is 14.1 Å². The van der Waals surface area contributed by atoms with Crippen molar-refractivity contribution in [2.45, 2.75) is 52.1 Å². The number of amides is 1. The first-order chi connectivity index (χ1) is 11.8. The van der Waals surface area contributed by atoms with Crippen molar-refractivity contribution in [3.63, 3.8) is 0 Å². The van der Waals surface area contributed by atoms with Gasteiger partial charge in [-0.1, -0.05) is 5.16 Å². The van der Waals surface area contributed by atoms with E-state index in [0.29, 0.717) is 24.8 Å². The summed E-state index contributed by atoms with van der Waals surface area (Å²) in [6.45, 7) is 8.86. The van der Waals surface area contributed by atoms with Crippen LogP contribution >= 0.6 is 0 Å². The highest BCUT2D eigenvalue weighted by molar-refractivity contribution is 5.68. The molecule has 3 heterocycles. The van der Waals surface area contributed by atoms with Gasteiger partial charge >= 0.3 is 6.09 Å². The fourth-order valence-electron chi connectivity index (χ4n) is 2.84. The molecule has 0 atom stereocenters. The average Bonchev–Trinajstić information content (AvgIpc) is 3.03. The Balaban J connectivity index is 1.61. The summed E-state index contributed by atoms with van der Waals surface area (Å²) in [6.07, 6.45) is 4.84. The molecule has 7 nitrogen and oxygen atoms in total. The molecule has 1 saturated heterocycles. The van der Waals surface area contributed by atoms with E-state index in [2.05, 4.69) is 15.1 Å². The van der Waals surface area contributed by atoms with Crippen LogP contribution in [0, 0.1) is 6.92 Å². The number of rotatable bonds is 2. The summed E-state index contributed by atoms with van der Waals surface area (Å²) < 4.78 is 10.8. The second-order valence-corrected chi connectivity index (χ2v) is 7.45. The number of ether oxygens (including phenoxy) is 1. The zero-order chi connectivity index (χ0) is 18.0. The lowest BCUT2D eigenvalue weighted by molar-refractivity contribution is 0.0203. The van der Waals surface area contributed by atoms with Crippen molar-refractivity contribution in [3.8, 4) is 11.5 Å². The van der Waals surface area contributed by atoms with Gasteiger partial charge in [-0.25, -0.2) is 4.79 Å². The van der Waals surface area contributed by atoms with E-state index in [9.17, 15) is 4.79 Å². The van der Waals surface area contributed by atoms with Crippen LogP contribution in [0.3, 0.4) is 0 Å². The normalized spacial score (nSPS) is 16.1. The van der Waals surface area contributed by atoms with Gasteiger partial charge in [-0.3, -0.25) is 4.98 Å². The number of likely N-dealkylation sites (tertiary alicyclic amines) is 1. The largest absolute Gasteiger partial charge is 0.444 e. The first-order valence-electron chi connectivity index (χ1n) is 8.55. The van der Waals surface area contributed by atoms with Crippen molar-refractivity contribution in [2.24, 2.45) is 0 Å². The van der Waals surface area contributed by atoms with Crippen molar-refractivity contribution in [2.75, 3.05) is 13.1 Å². The molecule has 7 heteroatoms. The van der Waals surface area contributed by atoms with Gasteiger partial charge in [-0.05, 0) is 52.2 Å². The molecule has 1 aliphatic rings. The molecule has 2 aromatic rings. The zero-order valence-electron chi connectivity index (χ0n) is 15.2.